The van der Waals surface area contributed by atoms with Crippen LogP contribution in [0, 0.1) is 5.92 Å². The highest BCUT2D eigenvalue weighted by molar-refractivity contribution is 5.87. The van der Waals surface area contributed by atoms with E-state index in [1.165, 1.54) is 16.3 Å². The molecule has 0 heterocycles. The summed E-state index contributed by atoms with van der Waals surface area (Å²) in [5, 5.41) is 5.87. The van der Waals surface area contributed by atoms with Crippen molar-refractivity contribution >= 4 is 16.7 Å². The maximum atomic E-state index is 12.8. The first-order valence-electron chi connectivity index (χ1n) is 11.5. The first kappa shape index (κ1) is 24.4. The molecular formula is C26H41N3O. The Morgan fingerprint density at radius 2 is 1.67 bits per heavy atom. The zero-order valence-corrected chi connectivity index (χ0v) is 19.9. The van der Waals surface area contributed by atoms with Gasteiger partial charge in [-0.1, -0.05) is 77.1 Å². The molecular weight excluding hydrogens is 370 g/mol. The van der Waals surface area contributed by atoms with Crippen molar-refractivity contribution in [2.75, 3.05) is 46.3 Å². The van der Waals surface area contributed by atoms with Crippen LogP contribution < -0.4 is 5.32 Å². The predicted molar refractivity (Wildman–Crippen MR) is 129 cm³/mol. The molecule has 0 aliphatic carbocycles. The third-order valence-electron chi connectivity index (χ3n) is 6.77. The third kappa shape index (κ3) is 5.83. The summed E-state index contributed by atoms with van der Waals surface area (Å²) in [6.45, 7) is 15.9. The first-order chi connectivity index (χ1) is 14.4. The molecule has 1 amide bonds. The van der Waals surface area contributed by atoms with Crippen LogP contribution in [0.1, 0.15) is 46.6 Å². The fourth-order valence-corrected chi connectivity index (χ4v) is 4.29. The fraction of sp³-hybridized carbons (Fsp3) is 0.577. The van der Waals surface area contributed by atoms with Crippen LogP contribution in [0.15, 0.2) is 42.5 Å². The predicted octanol–water partition coefficient (Wildman–Crippen LogP) is 4.53. The zero-order chi connectivity index (χ0) is 22.1. The number of carbonyl (C=O) groups excluding carboxylic acids is 1. The Morgan fingerprint density at radius 1 is 1.00 bits per heavy atom. The molecule has 2 aromatic carbocycles. The van der Waals surface area contributed by atoms with Crippen LogP contribution >= 0.6 is 0 Å². The molecule has 1 atom stereocenters. The number of nitrogens with zero attached hydrogens (tertiary/aromatic N) is 2. The summed E-state index contributed by atoms with van der Waals surface area (Å²) in [6.07, 6.45) is 1.01. The second-order valence-corrected chi connectivity index (χ2v) is 8.72. The lowest BCUT2D eigenvalue weighted by molar-refractivity contribution is -0.122. The molecule has 166 valence electrons. The van der Waals surface area contributed by atoms with Crippen molar-refractivity contribution < 1.29 is 4.79 Å². The van der Waals surface area contributed by atoms with Crippen molar-refractivity contribution in [2.45, 2.75) is 46.5 Å². The quantitative estimate of drug-likeness (QED) is 0.557. The molecule has 1 unspecified atom stereocenters. The summed E-state index contributed by atoms with van der Waals surface area (Å²) in [7, 11) is 2.17. The van der Waals surface area contributed by atoms with Gasteiger partial charge in [-0.05, 0) is 61.9 Å². The van der Waals surface area contributed by atoms with Crippen LogP contribution in [0.5, 0.6) is 0 Å². The molecule has 0 saturated carbocycles. The summed E-state index contributed by atoms with van der Waals surface area (Å²) in [4.78, 5) is 17.3. The molecule has 0 bridgehead atoms. The van der Waals surface area contributed by atoms with Gasteiger partial charge in [-0.2, -0.15) is 0 Å². The van der Waals surface area contributed by atoms with E-state index in [4.69, 9.17) is 0 Å². The van der Waals surface area contributed by atoms with E-state index in [2.05, 4.69) is 99.2 Å². The van der Waals surface area contributed by atoms with Gasteiger partial charge in [0.25, 0.3) is 0 Å². The molecule has 0 aliphatic rings. The van der Waals surface area contributed by atoms with E-state index in [-0.39, 0.29) is 11.3 Å². The van der Waals surface area contributed by atoms with Gasteiger partial charge >= 0.3 is 0 Å². The maximum absolute atomic E-state index is 12.8. The number of benzene rings is 2. The molecule has 0 radical (unpaired) electrons. The molecule has 0 aliphatic heterocycles. The molecule has 30 heavy (non-hydrogen) atoms. The summed E-state index contributed by atoms with van der Waals surface area (Å²) in [5.41, 5.74) is 1.23. The molecule has 0 spiro atoms. The van der Waals surface area contributed by atoms with Gasteiger partial charge in [-0.15, -0.1) is 0 Å². The lowest BCUT2D eigenvalue weighted by Gasteiger charge is -2.40. The Bertz CT molecular complexity index is 794. The molecule has 2 aromatic rings. The number of rotatable bonds is 12. The summed E-state index contributed by atoms with van der Waals surface area (Å²) >= 11 is 0. The van der Waals surface area contributed by atoms with E-state index in [1.54, 1.807) is 0 Å². The number of amides is 1. The summed E-state index contributed by atoms with van der Waals surface area (Å²) < 4.78 is 0. The van der Waals surface area contributed by atoms with Crippen molar-refractivity contribution in [3.63, 3.8) is 0 Å². The molecule has 1 N–H and O–H groups in total. The SMILES string of the molecule is CCN(C)CCC(CNC(=O)CN(CC)CC)(c1cccc2ccccc12)C(C)C. The fourth-order valence-electron chi connectivity index (χ4n) is 4.29. The minimum absolute atomic E-state index is 0.118. The van der Waals surface area contributed by atoms with Gasteiger partial charge < -0.3 is 10.2 Å². The van der Waals surface area contributed by atoms with Crippen LogP contribution in [0.2, 0.25) is 0 Å². The summed E-state index contributed by atoms with van der Waals surface area (Å²) in [5.74, 6) is 0.509. The van der Waals surface area contributed by atoms with Crippen LogP contribution in [0.3, 0.4) is 0 Å². The highest BCUT2D eigenvalue weighted by Gasteiger charge is 2.37. The van der Waals surface area contributed by atoms with E-state index >= 15 is 0 Å². The number of fused-ring (bicyclic) bond motifs is 1. The van der Waals surface area contributed by atoms with E-state index < -0.39 is 0 Å². The van der Waals surface area contributed by atoms with Gasteiger partial charge in [-0.3, -0.25) is 9.69 Å². The number of carbonyl (C=O) groups is 1. The Kier molecular flexibility index (Phi) is 9.32. The lowest BCUT2D eigenvalue weighted by atomic mass is 9.67. The largest absolute Gasteiger partial charge is 0.354 e. The van der Waals surface area contributed by atoms with E-state index in [1.807, 2.05) is 0 Å². The monoisotopic (exact) mass is 411 g/mol. The first-order valence-corrected chi connectivity index (χ1v) is 11.5. The van der Waals surface area contributed by atoms with Gasteiger partial charge in [0.15, 0.2) is 0 Å². The smallest absolute Gasteiger partial charge is 0.234 e. The number of hydrogen-bond acceptors (Lipinski definition) is 3. The van der Waals surface area contributed by atoms with Crippen LogP contribution in [-0.4, -0.2) is 62.0 Å². The molecule has 4 nitrogen and oxygen atoms in total. The van der Waals surface area contributed by atoms with Gasteiger partial charge in [0.2, 0.25) is 5.91 Å². The molecule has 0 aromatic heterocycles. The lowest BCUT2D eigenvalue weighted by Crippen LogP contribution is -2.48. The maximum Gasteiger partial charge on any atom is 0.234 e. The average Bonchev–Trinajstić information content (AvgIpc) is 2.77. The minimum atomic E-state index is -0.122. The van der Waals surface area contributed by atoms with Crippen LogP contribution in [0.4, 0.5) is 0 Å². The number of hydrogen-bond donors (Lipinski definition) is 1. The van der Waals surface area contributed by atoms with Crippen LogP contribution in [0.25, 0.3) is 10.8 Å². The average molecular weight is 412 g/mol. The third-order valence-corrected chi connectivity index (χ3v) is 6.77. The van der Waals surface area contributed by atoms with E-state index in [0.29, 0.717) is 19.0 Å². The second-order valence-electron chi connectivity index (χ2n) is 8.72. The summed E-state index contributed by atoms with van der Waals surface area (Å²) in [6, 6.07) is 15.2. The van der Waals surface area contributed by atoms with Crippen molar-refractivity contribution in [1.29, 1.82) is 0 Å². The highest BCUT2D eigenvalue weighted by Crippen LogP contribution is 2.39. The Morgan fingerprint density at radius 3 is 2.30 bits per heavy atom. The Hall–Kier alpha value is -1.91. The van der Waals surface area contributed by atoms with Crippen LogP contribution in [-0.2, 0) is 10.2 Å². The highest BCUT2D eigenvalue weighted by atomic mass is 16.2. The van der Waals surface area contributed by atoms with Gasteiger partial charge in [-0.25, -0.2) is 0 Å². The van der Waals surface area contributed by atoms with Crippen molar-refractivity contribution in [1.82, 2.24) is 15.1 Å². The van der Waals surface area contributed by atoms with Gasteiger partial charge in [0, 0.05) is 12.0 Å². The Labute approximate surface area is 183 Å². The Balaban J connectivity index is 2.41. The molecule has 0 saturated heterocycles. The van der Waals surface area contributed by atoms with Crippen molar-refractivity contribution in [3.05, 3.63) is 48.0 Å². The normalized spacial score (nSPS) is 13.9. The van der Waals surface area contributed by atoms with E-state index in [0.717, 1.165) is 32.6 Å². The topological polar surface area (TPSA) is 35.6 Å². The minimum Gasteiger partial charge on any atom is -0.354 e. The molecule has 2 rings (SSSR count). The van der Waals surface area contributed by atoms with Gasteiger partial charge in [0.05, 0.1) is 6.54 Å². The molecule has 4 heteroatoms. The standard InChI is InChI=1S/C26H41N3O/c1-7-28(6)18-17-26(21(4)5,20-27-25(30)19-29(8-2)9-3)24-16-12-14-22-13-10-11-15-23(22)24/h10-16,21H,7-9,17-20H2,1-6H3,(H,27,30). The number of nitrogens with one attached hydrogen (secondary N) is 1. The van der Waals surface area contributed by atoms with Gasteiger partial charge in [0.1, 0.15) is 0 Å². The van der Waals surface area contributed by atoms with Crippen molar-refractivity contribution in [2.24, 2.45) is 5.92 Å². The van der Waals surface area contributed by atoms with E-state index in [9.17, 15) is 4.79 Å². The second kappa shape index (κ2) is 11.5. The number of likely N-dealkylation sites (N-methyl/N-ethyl adjacent to an activating group) is 1. The van der Waals surface area contributed by atoms with Crippen molar-refractivity contribution in [3.8, 4) is 0 Å². The zero-order valence-electron chi connectivity index (χ0n) is 19.9. The molecule has 0 fully saturated rings.